The quantitative estimate of drug-likeness (QED) is 0.602. The standard InChI is InChI=1S/C13H15IO/c1-13(9-14)11(7-8-12(13)15)10-5-3-2-4-6-10/h2-6,11H,7-9H2,1H3/t11-,13+/m0/s1. The first-order valence-corrected chi connectivity index (χ1v) is 6.85. The molecule has 2 heteroatoms. The fourth-order valence-corrected chi connectivity index (χ4v) is 3.42. The number of rotatable bonds is 2. The topological polar surface area (TPSA) is 17.1 Å². The lowest BCUT2D eigenvalue weighted by Gasteiger charge is -2.28. The van der Waals surface area contributed by atoms with Crippen LogP contribution in [0.25, 0.3) is 0 Å². The summed E-state index contributed by atoms with van der Waals surface area (Å²) in [6.07, 6.45) is 1.77. The maximum absolute atomic E-state index is 11.9. The molecule has 80 valence electrons. The van der Waals surface area contributed by atoms with Crippen LogP contribution in [0.4, 0.5) is 0 Å². The molecule has 0 unspecified atom stereocenters. The van der Waals surface area contributed by atoms with Gasteiger partial charge in [0.05, 0.1) is 0 Å². The zero-order valence-corrected chi connectivity index (χ0v) is 11.0. The second kappa shape index (κ2) is 4.24. The van der Waals surface area contributed by atoms with E-state index in [4.69, 9.17) is 0 Å². The van der Waals surface area contributed by atoms with Crippen molar-refractivity contribution in [3.8, 4) is 0 Å². The Kier molecular flexibility index (Phi) is 3.14. The molecular weight excluding hydrogens is 299 g/mol. The van der Waals surface area contributed by atoms with Crippen LogP contribution in [-0.4, -0.2) is 10.2 Å². The average molecular weight is 314 g/mol. The second-order valence-electron chi connectivity index (χ2n) is 4.48. The molecule has 15 heavy (non-hydrogen) atoms. The van der Waals surface area contributed by atoms with Gasteiger partial charge in [-0.3, -0.25) is 4.79 Å². The summed E-state index contributed by atoms with van der Waals surface area (Å²) in [7, 11) is 0. The molecule has 2 atom stereocenters. The van der Waals surface area contributed by atoms with Gasteiger partial charge in [-0.15, -0.1) is 0 Å². The molecule has 0 amide bonds. The average Bonchev–Trinajstić information content (AvgIpc) is 2.58. The Morgan fingerprint density at radius 2 is 2.07 bits per heavy atom. The Hall–Kier alpha value is -0.380. The number of halogens is 1. The summed E-state index contributed by atoms with van der Waals surface area (Å²) < 4.78 is 0.920. The highest BCUT2D eigenvalue weighted by molar-refractivity contribution is 14.1. The summed E-state index contributed by atoms with van der Waals surface area (Å²) >= 11 is 2.34. The third kappa shape index (κ3) is 1.84. The molecule has 1 aliphatic carbocycles. The van der Waals surface area contributed by atoms with Gasteiger partial charge < -0.3 is 0 Å². The lowest BCUT2D eigenvalue weighted by molar-refractivity contribution is -0.124. The summed E-state index contributed by atoms with van der Waals surface area (Å²) in [5, 5.41) is 0. The maximum atomic E-state index is 11.9. The second-order valence-corrected chi connectivity index (χ2v) is 5.24. The third-order valence-electron chi connectivity index (χ3n) is 3.55. The smallest absolute Gasteiger partial charge is 0.140 e. The zero-order valence-electron chi connectivity index (χ0n) is 8.87. The molecule has 0 spiro atoms. The SMILES string of the molecule is C[C@]1(CI)C(=O)CC[C@H]1c1ccccc1. The minimum Gasteiger partial charge on any atom is -0.299 e. The molecule has 0 saturated heterocycles. The molecule has 1 aromatic carbocycles. The van der Waals surface area contributed by atoms with Crippen molar-refractivity contribution >= 4 is 28.4 Å². The predicted molar refractivity (Wildman–Crippen MR) is 70.4 cm³/mol. The van der Waals surface area contributed by atoms with E-state index in [0.29, 0.717) is 11.7 Å². The van der Waals surface area contributed by atoms with E-state index in [1.54, 1.807) is 0 Å². The molecule has 0 heterocycles. The first-order chi connectivity index (χ1) is 7.18. The molecule has 1 saturated carbocycles. The van der Waals surface area contributed by atoms with Crippen LogP contribution in [-0.2, 0) is 4.79 Å². The molecule has 1 nitrogen and oxygen atoms in total. The fourth-order valence-electron chi connectivity index (χ4n) is 2.46. The van der Waals surface area contributed by atoms with Gasteiger partial charge in [0.1, 0.15) is 5.78 Å². The molecule has 1 fully saturated rings. The summed E-state index contributed by atoms with van der Waals surface area (Å²) in [6, 6.07) is 10.4. The number of carbonyl (C=O) groups is 1. The molecular formula is C13H15IO. The first-order valence-electron chi connectivity index (χ1n) is 5.32. The van der Waals surface area contributed by atoms with E-state index in [1.807, 2.05) is 6.07 Å². The van der Waals surface area contributed by atoms with Crippen molar-refractivity contribution in [1.82, 2.24) is 0 Å². The first kappa shape index (κ1) is 11.1. The van der Waals surface area contributed by atoms with Gasteiger partial charge in [-0.1, -0.05) is 59.8 Å². The van der Waals surface area contributed by atoms with Crippen LogP contribution in [0.5, 0.6) is 0 Å². The van der Waals surface area contributed by atoms with E-state index in [2.05, 4.69) is 53.8 Å². The number of hydrogen-bond acceptors (Lipinski definition) is 1. The van der Waals surface area contributed by atoms with E-state index in [0.717, 1.165) is 17.3 Å². The maximum Gasteiger partial charge on any atom is 0.140 e. The van der Waals surface area contributed by atoms with Crippen LogP contribution in [0, 0.1) is 5.41 Å². The van der Waals surface area contributed by atoms with Gasteiger partial charge in [0.15, 0.2) is 0 Å². The number of Topliss-reactive ketones (excluding diaryl/α,β-unsaturated/α-hetero) is 1. The number of alkyl halides is 1. The minimum absolute atomic E-state index is 0.137. The van der Waals surface area contributed by atoms with Crippen molar-refractivity contribution in [3.05, 3.63) is 35.9 Å². The number of benzene rings is 1. The lowest BCUT2D eigenvalue weighted by Crippen LogP contribution is -2.29. The van der Waals surface area contributed by atoms with E-state index in [1.165, 1.54) is 5.56 Å². The van der Waals surface area contributed by atoms with Gasteiger partial charge in [-0.2, -0.15) is 0 Å². The van der Waals surface area contributed by atoms with Crippen molar-refractivity contribution in [2.45, 2.75) is 25.7 Å². The van der Waals surface area contributed by atoms with E-state index in [9.17, 15) is 4.79 Å². The van der Waals surface area contributed by atoms with Crippen molar-refractivity contribution < 1.29 is 4.79 Å². The van der Waals surface area contributed by atoms with Crippen molar-refractivity contribution in [1.29, 1.82) is 0 Å². The van der Waals surface area contributed by atoms with E-state index in [-0.39, 0.29) is 5.41 Å². The summed E-state index contributed by atoms with van der Waals surface area (Å²) in [5.41, 5.74) is 1.18. The van der Waals surface area contributed by atoms with Gasteiger partial charge in [-0.05, 0) is 17.9 Å². The van der Waals surface area contributed by atoms with Gasteiger partial charge in [0.2, 0.25) is 0 Å². The van der Waals surface area contributed by atoms with Crippen molar-refractivity contribution in [2.24, 2.45) is 5.41 Å². The fraction of sp³-hybridized carbons (Fsp3) is 0.462. The number of ketones is 1. The van der Waals surface area contributed by atoms with Crippen molar-refractivity contribution in [2.75, 3.05) is 4.43 Å². The molecule has 0 bridgehead atoms. The molecule has 0 aromatic heterocycles. The van der Waals surface area contributed by atoms with Crippen LogP contribution in [0.2, 0.25) is 0 Å². The van der Waals surface area contributed by atoms with Gasteiger partial charge >= 0.3 is 0 Å². The van der Waals surface area contributed by atoms with Gasteiger partial charge in [0, 0.05) is 16.3 Å². The summed E-state index contributed by atoms with van der Waals surface area (Å²) in [6.45, 7) is 2.12. The number of hydrogen-bond donors (Lipinski definition) is 0. The molecule has 0 N–H and O–H groups in total. The zero-order chi connectivity index (χ0) is 10.9. The van der Waals surface area contributed by atoms with Crippen LogP contribution in [0.15, 0.2) is 30.3 Å². The third-order valence-corrected chi connectivity index (χ3v) is 5.13. The molecule has 1 aliphatic rings. The Morgan fingerprint density at radius 1 is 1.40 bits per heavy atom. The Morgan fingerprint density at radius 3 is 2.67 bits per heavy atom. The Balaban J connectivity index is 2.35. The Labute approximate surface area is 104 Å². The molecule has 0 aliphatic heterocycles. The highest BCUT2D eigenvalue weighted by atomic mass is 127. The summed E-state index contributed by atoms with van der Waals surface area (Å²) in [5.74, 6) is 0.855. The van der Waals surface area contributed by atoms with Gasteiger partial charge in [0.25, 0.3) is 0 Å². The monoisotopic (exact) mass is 314 g/mol. The highest BCUT2D eigenvalue weighted by Gasteiger charge is 2.45. The largest absolute Gasteiger partial charge is 0.299 e. The van der Waals surface area contributed by atoms with Crippen LogP contribution < -0.4 is 0 Å². The normalized spacial score (nSPS) is 30.8. The van der Waals surface area contributed by atoms with Crippen LogP contribution in [0.1, 0.15) is 31.2 Å². The summed E-state index contributed by atoms with van der Waals surface area (Å²) in [4.78, 5) is 11.9. The molecule has 1 aromatic rings. The van der Waals surface area contributed by atoms with E-state index < -0.39 is 0 Å². The van der Waals surface area contributed by atoms with E-state index >= 15 is 0 Å². The number of carbonyl (C=O) groups excluding carboxylic acids is 1. The highest BCUT2D eigenvalue weighted by Crippen LogP contribution is 2.47. The lowest BCUT2D eigenvalue weighted by atomic mass is 9.77. The van der Waals surface area contributed by atoms with Crippen LogP contribution >= 0.6 is 22.6 Å². The molecule has 2 rings (SSSR count). The molecule has 0 radical (unpaired) electrons. The predicted octanol–water partition coefficient (Wildman–Crippen LogP) is 3.57. The Bertz CT molecular complexity index is 360. The minimum atomic E-state index is -0.137. The van der Waals surface area contributed by atoms with Gasteiger partial charge in [-0.25, -0.2) is 0 Å². The van der Waals surface area contributed by atoms with Crippen molar-refractivity contribution in [3.63, 3.8) is 0 Å². The van der Waals surface area contributed by atoms with Crippen LogP contribution in [0.3, 0.4) is 0 Å².